The van der Waals surface area contributed by atoms with Crippen LogP contribution in [0.3, 0.4) is 0 Å². The van der Waals surface area contributed by atoms with Gasteiger partial charge in [-0.05, 0) is 12.1 Å². The van der Waals surface area contributed by atoms with Gasteiger partial charge in [0.05, 0.1) is 19.9 Å². The van der Waals surface area contributed by atoms with Crippen LogP contribution in [-0.4, -0.2) is 23.2 Å². The molecule has 0 saturated carbocycles. The molecule has 2 aromatic carbocycles. The van der Waals surface area contributed by atoms with Crippen molar-refractivity contribution in [2.45, 2.75) is 6.54 Å². The average Bonchev–Trinajstić information content (AvgIpc) is 3.43. The fraction of sp³-hybridized carbons (Fsp3) is 0.0952. The number of amides is 1. The Labute approximate surface area is 161 Å². The van der Waals surface area contributed by atoms with E-state index in [1.807, 2.05) is 54.6 Å². The van der Waals surface area contributed by atoms with Crippen molar-refractivity contribution in [1.29, 1.82) is 0 Å². The molecule has 4 rings (SSSR count). The van der Waals surface area contributed by atoms with E-state index in [0.717, 1.165) is 16.9 Å². The molecule has 0 radical (unpaired) electrons. The number of hydrogen-bond donors (Lipinski definition) is 1. The van der Waals surface area contributed by atoms with Crippen molar-refractivity contribution in [3.63, 3.8) is 0 Å². The van der Waals surface area contributed by atoms with Gasteiger partial charge in [-0.25, -0.2) is 4.98 Å². The van der Waals surface area contributed by atoms with Crippen molar-refractivity contribution >= 4 is 5.91 Å². The number of oxazole rings is 1. The van der Waals surface area contributed by atoms with Crippen LogP contribution < -0.4 is 10.1 Å². The number of aromatic nitrogens is 2. The first-order chi connectivity index (χ1) is 13.7. The van der Waals surface area contributed by atoms with Gasteiger partial charge in [0.15, 0.2) is 11.5 Å². The molecule has 0 bridgehead atoms. The summed E-state index contributed by atoms with van der Waals surface area (Å²) in [5, 5.41) is 6.71. The second-order valence-electron chi connectivity index (χ2n) is 5.99. The van der Waals surface area contributed by atoms with E-state index in [1.165, 1.54) is 6.20 Å². The zero-order chi connectivity index (χ0) is 19.3. The average molecular weight is 375 g/mol. The highest BCUT2D eigenvalue weighted by Gasteiger charge is 2.15. The SMILES string of the molecule is COc1cccc(-c2cc(CNC(=O)c3ncc(-c4ccccc4)o3)no2)c1. The predicted octanol–water partition coefficient (Wildman–Crippen LogP) is 3.94. The molecule has 0 fully saturated rings. The van der Waals surface area contributed by atoms with Gasteiger partial charge in [-0.3, -0.25) is 4.79 Å². The highest BCUT2D eigenvalue weighted by Crippen LogP contribution is 2.24. The number of ether oxygens (including phenoxy) is 1. The monoisotopic (exact) mass is 375 g/mol. The van der Waals surface area contributed by atoms with Crippen LogP contribution in [0.2, 0.25) is 0 Å². The highest BCUT2D eigenvalue weighted by atomic mass is 16.5. The van der Waals surface area contributed by atoms with Crippen molar-refractivity contribution in [2.24, 2.45) is 0 Å². The predicted molar refractivity (Wildman–Crippen MR) is 102 cm³/mol. The molecule has 4 aromatic rings. The summed E-state index contributed by atoms with van der Waals surface area (Å²) >= 11 is 0. The quantitative estimate of drug-likeness (QED) is 0.549. The van der Waals surface area contributed by atoms with Gasteiger partial charge in [0.1, 0.15) is 11.4 Å². The lowest BCUT2D eigenvalue weighted by Crippen LogP contribution is -2.23. The number of hydrogen-bond acceptors (Lipinski definition) is 6. The molecule has 28 heavy (non-hydrogen) atoms. The lowest BCUT2D eigenvalue weighted by atomic mass is 10.1. The molecule has 7 heteroatoms. The molecule has 1 amide bonds. The van der Waals surface area contributed by atoms with E-state index < -0.39 is 5.91 Å². The highest BCUT2D eigenvalue weighted by molar-refractivity contribution is 5.89. The third-order valence-corrected chi connectivity index (χ3v) is 4.10. The van der Waals surface area contributed by atoms with Gasteiger partial charge in [-0.2, -0.15) is 0 Å². The number of carbonyl (C=O) groups excluding carboxylic acids is 1. The van der Waals surface area contributed by atoms with Gasteiger partial charge in [0.25, 0.3) is 5.89 Å². The van der Waals surface area contributed by atoms with E-state index in [4.69, 9.17) is 13.7 Å². The summed E-state index contributed by atoms with van der Waals surface area (Å²) in [6.07, 6.45) is 1.53. The van der Waals surface area contributed by atoms with Crippen molar-refractivity contribution in [3.05, 3.63) is 78.4 Å². The largest absolute Gasteiger partial charge is 0.497 e. The summed E-state index contributed by atoms with van der Waals surface area (Å²) < 4.78 is 16.1. The Morgan fingerprint density at radius 3 is 2.68 bits per heavy atom. The number of nitrogens with zero attached hydrogens (tertiary/aromatic N) is 2. The Kier molecular flexibility index (Phi) is 4.88. The first-order valence-corrected chi connectivity index (χ1v) is 8.62. The van der Waals surface area contributed by atoms with Crippen LogP contribution in [0.5, 0.6) is 5.75 Å². The van der Waals surface area contributed by atoms with E-state index >= 15 is 0 Å². The summed E-state index contributed by atoms with van der Waals surface area (Å²) in [6, 6.07) is 18.7. The molecule has 2 aromatic heterocycles. The van der Waals surface area contributed by atoms with Crippen molar-refractivity contribution in [2.75, 3.05) is 7.11 Å². The summed E-state index contributed by atoms with van der Waals surface area (Å²) in [4.78, 5) is 16.3. The number of benzene rings is 2. The maximum atomic E-state index is 12.3. The number of nitrogens with one attached hydrogen (secondary N) is 1. The molecule has 0 unspecified atom stereocenters. The van der Waals surface area contributed by atoms with Gasteiger partial charge >= 0.3 is 5.91 Å². The van der Waals surface area contributed by atoms with Crippen LogP contribution >= 0.6 is 0 Å². The molecule has 0 saturated heterocycles. The van der Waals surface area contributed by atoms with Crippen molar-refractivity contribution < 1.29 is 18.5 Å². The second-order valence-corrected chi connectivity index (χ2v) is 5.99. The maximum Gasteiger partial charge on any atom is 0.307 e. The fourth-order valence-corrected chi connectivity index (χ4v) is 2.67. The maximum absolute atomic E-state index is 12.3. The lowest BCUT2D eigenvalue weighted by Gasteiger charge is -2.00. The zero-order valence-electron chi connectivity index (χ0n) is 15.1. The number of methoxy groups -OCH3 is 1. The van der Waals surface area contributed by atoms with Gasteiger partial charge in [-0.1, -0.05) is 47.6 Å². The molecule has 140 valence electrons. The van der Waals surface area contributed by atoms with Crippen LogP contribution in [-0.2, 0) is 6.54 Å². The second kappa shape index (κ2) is 7.79. The topological polar surface area (TPSA) is 90.4 Å². The van der Waals surface area contributed by atoms with Gasteiger partial charge in [0, 0.05) is 17.2 Å². The van der Waals surface area contributed by atoms with Crippen LogP contribution in [0.25, 0.3) is 22.6 Å². The minimum atomic E-state index is -0.423. The Hall–Kier alpha value is -3.87. The van der Waals surface area contributed by atoms with E-state index in [2.05, 4.69) is 15.5 Å². The normalized spacial score (nSPS) is 10.6. The minimum Gasteiger partial charge on any atom is -0.497 e. The molecule has 7 nitrogen and oxygen atoms in total. The smallest absolute Gasteiger partial charge is 0.307 e. The Morgan fingerprint density at radius 1 is 1.04 bits per heavy atom. The molecule has 0 aliphatic rings. The molecule has 2 heterocycles. The van der Waals surface area contributed by atoms with Gasteiger partial charge < -0.3 is 19.0 Å². The first-order valence-electron chi connectivity index (χ1n) is 8.62. The standard InChI is InChI=1S/C21H17N3O4/c1-26-17-9-5-8-15(10-17)18-11-16(24-28-18)12-22-20(25)21-23-13-19(27-21)14-6-3-2-4-7-14/h2-11,13H,12H2,1H3,(H,22,25). The van der Waals surface area contributed by atoms with E-state index in [1.54, 1.807) is 13.2 Å². The van der Waals surface area contributed by atoms with Crippen LogP contribution in [0, 0.1) is 0 Å². The molecule has 0 aliphatic carbocycles. The van der Waals surface area contributed by atoms with Crippen LogP contribution in [0.1, 0.15) is 16.4 Å². The molecule has 1 N–H and O–H groups in total. The Bertz CT molecular complexity index is 1090. The third-order valence-electron chi connectivity index (χ3n) is 4.10. The van der Waals surface area contributed by atoms with Crippen molar-refractivity contribution in [1.82, 2.24) is 15.5 Å². The van der Waals surface area contributed by atoms with E-state index in [-0.39, 0.29) is 12.4 Å². The summed E-state index contributed by atoms with van der Waals surface area (Å²) in [6.45, 7) is 0.190. The van der Waals surface area contributed by atoms with E-state index in [9.17, 15) is 4.79 Å². The molecule has 0 aliphatic heterocycles. The first kappa shape index (κ1) is 17.5. The minimum absolute atomic E-state index is 0.00429. The number of carbonyl (C=O) groups is 1. The molecular weight excluding hydrogens is 358 g/mol. The summed E-state index contributed by atoms with van der Waals surface area (Å²) in [7, 11) is 1.60. The zero-order valence-corrected chi connectivity index (χ0v) is 15.1. The van der Waals surface area contributed by atoms with E-state index in [0.29, 0.717) is 17.2 Å². The fourth-order valence-electron chi connectivity index (χ4n) is 2.67. The Morgan fingerprint density at radius 2 is 1.86 bits per heavy atom. The van der Waals surface area contributed by atoms with Gasteiger partial charge in [0.2, 0.25) is 0 Å². The third kappa shape index (κ3) is 3.78. The van der Waals surface area contributed by atoms with Crippen LogP contribution in [0.15, 0.2) is 75.8 Å². The van der Waals surface area contributed by atoms with Crippen LogP contribution in [0.4, 0.5) is 0 Å². The number of rotatable bonds is 6. The van der Waals surface area contributed by atoms with Crippen molar-refractivity contribution in [3.8, 4) is 28.4 Å². The molecule has 0 spiro atoms. The molecule has 0 atom stereocenters. The summed E-state index contributed by atoms with van der Waals surface area (Å²) in [5.41, 5.74) is 2.28. The lowest BCUT2D eigenvalue weighted by molar-refractivity contribution is 0.0916. The molecular formula is C21H17N3O4. The summed E-state index contributed by atoms with van der Waals surface area (Å²) in [5.74, 6) is 1.42. The van der Waals surface area contributed by atoms with Gasteiger partial charge in [-0.15, -0.1) is 0 Å². The Balaban J connectivity index is 1.40.